The molecular weight excluding hydrogens is 172 g/mol. The molecule has 78 valence electrons. The minimum Gasteiger partial charge on any atom is -0.392 e. The first kappa shape index (κ1) is 11.3. The first-order valence-corrected chi connectivity index (χ1v) is 5.20. The first-order chi connectivity index (χ1) is 6.53. The highest BCUT2D eigenvalue weighted by molar-refractivity contribution is 5.26. The van der Waals surface area contributed by atoms with Crippen molar-refractivity contribution in [3.8, 4) is 0 Å². The maximum atomic E-state index is 9.15. The molecule has 1 rings (SSSR count). The van der Waals surface area contributed by atoms with Gasteiger partial charge in [0.2, 0.25) is 0 Å². The van der Waals surface area contributed by atoms with E-state index in [-0.39, 0.29) is 6.61 Å². The third-order valence-corrected chi connectivity index (χ3v) is 2.43. The smallest absolute Gasteiger partial charge is 0.0684 e. The predicted octanol–water partition coefficient (Wildman–Crippen LogP) is 3.16. The molecule has 0 aliphatic carbocycles. The quantitative estimate of drug-likeness (QED) is 0.780. The molecule has 0 fully saturated rings. The zero-order chi connectivity index (χ0) is 10.6. The van der Waals surface area contributed by atoms with Crippen LogP contribution in [-0.2, 0) is 13.0 Å². The summed E-state index contributed by atoms with van der Waals surface area (Å²) >= 11 is 0. The van der Waals surface area contributed by atoms with Crippen molar-refractivity contribution in [1.82, 2.24) is 0 Å². The second kappa shape index (κ2) is 4.61. The van der Waals surface area contributed by atoms with Gasteiger partial charge in [0.05, 0.1) is 6.61 Å². The third kappa shape index (κ3) is 3.51. The van der Waals surface area contributed by atoms with E-state index in [1.807, 2.05) is 18.2 Å². The van der Waals surface area contributed by atoms with Crippen molar-refractivity contribution in [2.45, 2.75) is 40.2 Å². The number of hydrogen-bond acceptors (Lipinski definition) is 1. The van der Waals surface area contributed by atoms with Crippen molar-refractivity contribution in [2.24, 2.45) is 5.41 Å². The fraction of sp³-hybridized carbons (Fsp3) is 0.538. The summed E-state index contributed by atoms with van der Waals surface area (Å²) in [6, 6.07) is 8.12. The Hall–Kier alpha value is -0.820. The SMILES string of the molecule is CC(C)(C)CCc1ccccc1CO. The molecule has 0 spiro atoms. The maximum absolute atomic E-state index is 9.15. The predicted molar refractivity (Wildman–Crippen MR) is 60.1 cm³/mol. The maximum Gasteiger partial charge on any atom is 0.0684 e. The molecule has 1 aromatic carbocycles. The van der Waals surface area contributed by atoms with Crippen LogP contribution in [0.1, 0.15) is 38.3 Å². The van der Waals surface area contributed by atoms with Crippen LogP contribution in [0.15, 0.2) is 24.3 Å². The molecule has 0 aliphatic rings. The Morgan fingerprint density at radius 2 is 1.64 bits per heavy atom. The summed E-state index contributed by atoms with van der Waals surface area (Å²) in [6.07, 6.45) is 2.21. The van der Waals surface area contributed by atoms with E-state index in [2.05, 4.69) is 26.8 Å². The van der Waals surface area contributed by atoms with Gasteiger partial charge >= 0.3 is 0 Å². The molecule has 0 heterocycles. The van der Waals surface area contributed by atoms with Crippen LogP contribution in [0.3, 0.4) is 0 Å². The Labute approximate surface area is 86.8 Å². The largest absolute Gasteiger partial charge is 0.392 e. The minimum absolute atomic E-state index is 0.153. The van der Waals surface area contributed by atoms with E-state index in [0.717, 1.165) is 18.4 Å². The zero-order valence-corrected chi connectivity index (χ0v) is 9.38. The molecule has 0 unspecified atom stereocenters. The number of hydrogen-bond donors (Lipinski definition) is 1. The van der Waals surface area contributed by atoms with E-state index >= 15 is 0 Å². The molecule has 0 aromatic heterocycles. The van der Waals surface area contributed by atoms with Crippen molar-refractivity contribution in [1.29, 1.82) is 0 Å². The Bertz CT molecular complexity index is 284. The minimum atomic E-state index is 0.153. The summed E-state index contributed by atoms with van der Waals surface area (Å²) < 4.78 is 0. The molecule has 1 heteroatoms. The average molecular weight is 192 g/mol. The van der Waals surface area contributed by atoms with Gasteiger partial charge in [0.25, 0.3) is 0 Å². The lowest BCUT2D eigenvalue weighted by molar-refractivity contribution is 0.279. The lowest BCUT2D eigenvalue weighted by atomic mass is 9.88. The van der Waals surface area contributed by atoms with E-state index < -0.39 is 0 Å². The normalized spacial score (nSPS) is 11.7. The highest BCUT2D eigenvalue weighted by Gasteiger charge is 2.11. The molecule has 1 N–H and O–H groups in total. The molecule has 0 atom stereocenters. The molecule has 14 heavy (non-hydrogen) atoms. The summed E-state index contributed by atoms with van der Waals surface area (Å²) in [5.41, 5.74) is 2.71. The Kier molecular flexibility index (Phi) is 3.70. The molecule has 1 nitrogen and oxygen atoms in total. The number of aliphatic hydroxyl groups excluding tert-OH is 1. The molecule has 0 saturated heterocycles. The van der Waals surface area contributed by atoms with Gasteiger partial charge in [-0.2, -0.15) is 0 Å². The van der Waals surface area contributed by atoms with Gasteiger partial charge in [0.1, 0.15) is 0 Å². The summed E-state index contributed by atoms with van der Waals surface area (Å²) in [5, 5.41) is 9.15. The zero-order valence-electron chi connectivity index (χ0n) is 9.38. The van der Waals surface area contributed by atoms with Crippen LogP contribution in [0.5, 0.6) is 0 Å². The molecular formula is C13H20O. The van der Waals surface area contributed by atoms with Crippen molar-refractivity contribution in [2.75, 3.05) is 0 Å². The Morgan fingerprint density at radius 1 is 1.07 bits per heavy atom. The second-order valence-corrected chi connectivity index (χ2v) is 4.99. The number of aliphatic hydroxyl groups is 1. The second-order valence-electron chi connectivity index (χ2n) is 4.99. The van der Waals surface area contributed by atoms with Gasteiger partial charge in [0.15, 0.2) is 0 Å². The van der Waals surface area contributed by atoms with Crippen molar-refractivity contribution in [3.05, 3.63) is 35.4 Å². The van der Waals surface area contributed by atoms with Crippen LogP contribution >= 0.6 is 0 Å². The van der Waals surface area contributed by atoms with Gasteiger partial charge < -0.3 is 5.11 Å². The van der Waals surface area contributed by atoms with Gasteiger partial charge in [-0.1, -0.05) is 45.0 Å². The topological polar surface area (TPSA) is 20.2 Å². The monoisotopic (exact) mass is 192 g/mol. The van der Waals surface area contributed by atoms with Gasteiger partial charge in [-0.25, -0.2) is 0 Å². The molecule has 1 aromatic rings. The number of benzene rings is 1. The highest BCUT2D eigenvalue weighted by Crippen LogP contribution is 2.22. The number of rotatable bonds is 3. The highest BCUT2D eigenvalue weighted by atomic mass is 16.3. The van der Waals surface area contributed by atoms with Crippen molar-refractivity contribution >= 4 is 0 Å². The van der Waals surface area contributed by atoms with Gasteiger partial charge in [-0.05, 0) is 29.4 Å². The summed E-state index contributed by atoms with van der Waals surface area (Å²) in [6.45, 7) is 6.89. The fourth-order valence-electron chi connectivity index (χ4n) is 1.47. The van der Waals surface area contributed by atoms with Crippen molar-refractivity contribution in [3.63, 3.8) is 0 Å². The Balaban J connectivity index is 2.67. The van der Waals surface area contributed by atoms with E-state index in [0.29, 0.717) is 5.41 Å². The molecule has 0 saturated carbocycles. The van der Waals surface area contributed by atoms with Crippen LogP contribution < -0.4 is 0 Å². The van der Waals surface area contributed by atoms with Crippen LogP contribution in [0.2, 0.25) is 0 Å². The van der Waals surface area contributed by atoms with E-state index in [9.17, 15) is 0 Å². The molecule has 0 radical (unpaired) electrons. The van der Waals surface area contributed by atoms with E-state index in [1.165, 1.54) is 5.56 Å². The van der Waals surface area contributed by atoms with Crippen LogP contribution in [0.25, 0.3) is 0 Å². The van der Waals surface area contributed by atoms with Gasteiger partial charge in [-0.3, -0.25) is 0 Å². The van der Waals surface area contributed by atoms with E-state index in [1.54, 1.807) is 0 Å². The van der Waals surface area contributed by atoms with E-state index in [4.69, 9.17) is 5.11 Å². The first-order valence-electron chi connectivity index (χ1n) is 5.20. The average Bonchev–Trinajstić information content (AvgIpc) is 2.14. The van der Waals surface area contributed by atoms with Gasteiger partial charge in [0, 0.05) is 0 Å². The van der Waals surface area contributed by atoms with Crippen molar-refractivity contribution < 1.29 is 5.11 Å². The lowest BCUT2D eigenvalue weighted by Gasteiger charge is -2.18. The molecule has 0 bridgehead atoms. The summed E-state index contributed by atoms with van der Waals surface area (Å²) in [7, 11) is 0. The van der Waals surface area contributed by atoms with Crippen LogP contribution in [0.4, 0.5) is 0 Å². The van der Waals surface area contributed by atoms with Crippen LogP contribution in [-0.4, -0.2) is 5.11 Å². The fourth-order valence-corrected chi connectivity index (χ4v) is 1.47. The summed E-state index contributed by atoms with van der Waals surface area (Å²) in [5.74, 6) is 0. The molecule has 0 amide bonds. The molecule has 0 aliphatic heterocycles. The lowest BCUT2D eigenvalue weighted by Crippen LogP contribution is -2.07. The Morgan fingerprint density at radius 3 is 2.14 bits per heavy atom. The van der Waals surface area contributed by atoms with Crippen LogP contribution in [0, 0.1) is 5.41 Å². The standard InChI is InChI=1S/C13H20O/c1-13(2,3)9-8-11-6-4-5-7-12(11)10-14/h4-7,14H,8-10H2,1-3H3. The van der Waals surface area contributed by atoms with Gasteiger partial charge in [-0.15, -0.1) is 0 Å². The number of aryl methyl sites for hydroxylation is 1. The third-order valence-electron chi connectivity index (χ3n) is 2.43. The summed E-state index contributed by atoms with van der Waals surface area (Å²) in [4.78, 5) is 0.